The van der Waals surface area contributed by atoms with Crippen molar-refractivity contribution in [2.75, 3.05) is 13.2 Å². The quantitative estimate of drug-likeness (QED) is 0.769. The molecular formula is C9H14F3NO2. The molecule has 6 heteroatoms. The van der Waals surface area contributed by atoms with Gasteiger partial charge in [-0.3, -0.25) is 4.79 Å². The largest absolute Gasteiger partial charge is 0.413 e. The molecule has 0 saturated carbocycles. The fourth-order valence-electron chi connectivity index (χ4n) is 1.52. The van der Waals surface area contributed by atoms with E-state index >= 15 is 0 Å². The van der Waals surface area contributed by atoms with Gasteiger partial charge in [0.05, 0.1) is 0 Å². The highest BCUT2D eigenvalue weighted by molar-refractivity contribution is 5.90. The molecule has 0 amide bonds. The summed E-state index contributed by atoms with van der Waals surface area (Å²) < 4.78 is 42.4. The monoisotopic (exact) mass is 225 g/mol. The number of ketones is 1. The van der Waals surface area contributed by atoms with E-state index in [1.807, 2.05) is 0 Å². The zero-order chi connectivity index (χ0) is 11.7. The van der Waals surface area contributed by atoms with Crippen LogP contribution in [0.5, 0.6) is 0 Å². The molecule has 15 heavy (non-hydrogen) atoms. The maximum Gasteiger partial charge on any atom is 0.413 e. The van der Waals surface area contributed by atoms with Gasteiger partial charge in [-0.05, 0) is 19.8 Å². The summed E-state index contributed by atoms with van der Waals surface area (Å²) >= 11 is 0. The molecule has 0 radical (unpaired) electrons. The van der Waals surface area contributed by atoms with Gasteiger partial charge < -0.3 is 10.5 Å². The first-order chi connectivity index (χ1) is 6.77. The van der Waals surface area contributed by atoms with Gasteiger partial charge in [0, 0.05) is 19.1 Å². The van der Waals surface area contributed by atoms with E-state index in [-0.39, 0.29) is 0 Å². The van der Waals surface area contributed by atoms with Crippen LogP contribution in [-0.2, 0) is 9.53 Å². The Kier molecular flexibility index (Phi) is 3.40. The van der Waals surface area contributed by atoms with E-state index in [1.165, 1.54) is 0 Å². The lowest BCUT2D eigenvalue weighted by molar-refractivity contribution is -0.189. The highest BCUT2D eigenvalue weighted by Crippen LogP contribution is 2.32. The molecule has 3 nitrogen and oxygen atoms in total. The van der Waals surface area contributed by atoms with Gasteiger partial charge in [-0.1, -0.05) is 0 Å². The third-order valence-corrected chi connectivity index (χ3v) is 2.69. The molecule has 0 bridgehead atoms. The minimum atomic E-state index is -4.69. The lowest BCUT2D eigenvalue weighted by Crippen LogP contribution is -2.59. The average molecular weight is 225 g/mol. The first-order valence-electron chi connectivity index (χ1n) is 4.74. The number of nitrogens with two attached hydrogens (primary N) is 1. The average Bonchev–Trinajstić information content (AvgIpc) is 2.16. The third kappa shape index (κ3) is 2.49. The van der Waals surface area contributed by atoms with Gasteiger partial charge in [0.1, 0.15) is 0 Å². The van der Waals surface area contributed by atoms with Crippen LogP contribution in [0.3, 0.4) is 0 Å². The van der Waals surface area contributed by atoms with Crippen molar-refractivity contribution in [1.29, 1.82) is 0 Å². The predicted molar refractivity (Wildman–Crippen MR) is 47.2 cm³/mol. The fraction of sp³-hybridized carbons (Fsp3) is 0.889. The SMILES string of the molecule is CC(N)(C(=O)C1CCOCC1)C(F)(F)F. The molecule has 1 fully saturated rings. The Morgan fingerprint density at radius 2 is 1.80 bits per heavy atom. The molecule has 1 aliphatic heterocycles. The van der Waals surface area contributed by atoms with E-state index in [2.05, 4.69) is 0 Å². The molecule has 0 aromatic carbocycles. The summed E-state index contributed by atoms with van der Waals surface area (Å²) in [6.45, 7) is 1.37. The van der Waals surface area contributed by atoms with Crippen molar-refractivity contribution in [2.45, 2.75) is 31.5 Å². The van der Waals surface area contributed by atoms with E-state index < -0.39 is 23.4 Å². The molecule has 0 aromatic heterocycles. The fourth-order valence-corrected chi connectivity index (χ4v) is 1.52. The smallest absolute Gasteiger partial charge is 0.381 e. The zero-order valence-corrected chi connectivity index (χ0v) is 8.43. The van der Waals surface area contributed by atoms with Gasteiger partial charge >= 0.3 is 6.18 Å². The molecule has 88 valence electrons. The van der Waals surface area contributed by atoms with Crippen LogP contribution in [0, 0.1) is 5.92 Å². The molecule has 1 aliphatic rings. The number of hydrogen-bond donors (Lipinski definition) is 1. The minimum absolute atomic E-state index is 0.321. The van der Waals surface area contributed by atoms with Crippen LogP contribution in [-0.4, -0.2) is 30.7 Å². The van der Waals surface area contributed by atoms with Gasteiger partial charge in [-0.2, -0.15) is 13.2 Å². The van der Waals surface area contributed by atoms with E-state index in [4.69, 9.17) is 10.5 Å². The van der Waals surface area contributed by atoms with Crippen molar-refractivity contribution in [2.24, 2.45) is 11.7 Å². The van der Waals surface area contributed by atoms with Crippen LogP contribution in [0.4, 0.5) is 13.2 Å². The van der Waals surface area contributed by atoms with Gasteiger partial charge in [-0.25, -0.2) is 0 Å². The Bertz CT molecular complexity index is 244. The van der Waals surface area contributed by atoms with E-state index in [9.17, 15) is 18.0 Å². The third-order valence-electron chi connectivity index (χ3n) is 2.69. The summed E-state index contributed by atoms with van der Waals surface area (Å²) in [5, 5.41) is 0. The van der Waals surface area contributed by atoms with Gasteiger partial charge in [0.25, 0.3) is 0 Å². The van der Waals surface area contributed by atoms with E-state index in [1.54, 1.807) is 0 Å². The van der Waals surface area contributed by atoms with Crippen molar-refractivity contribution in [3.8, 4) is 0 Å². The molecule has 2 N–H and O–H groups in total. The van der Waals surface area contributed by atoms with Crippen LogP contribution >= 0.6 is 0 Å². The normalized spacial score (nSPS) is 23.5. The lowest BCUT2D eigenvalue weighted by atomic mass is 9.83. The Morgan fingerprint density at radius 3 is 2.20 bits per heavy atom. The molecule has 1 saturated heterocycles. The summed E-state index contributed by atoms with van der Waals surface area (Å²) in [7, 11) is 0. The summed E-state index contributed by atoms with van der Waals surface area (Å²) in [5.74, 6) is -1.56. The van der Waals surface area contributed by atoms with E-state index in [0.717, 1.165) is 6.92 Å². The standard InChI is InChI=1S/C9H14F3NO2/c1-8(13,9(10,11)12)7(14)6-2-4-15-5-3-6/h6H,2-5,13H2,1H3. The Balaban J connectivity index is 2.74. The van der Waals surface area contributed by atoms with Gasteiger partial charge in [0.2, 0.25) is 0 Å². The second kappa shape index (κ2) is 4.09. The Morgan fingerprint density at radius 1 is 1.33 bits per heavy atom. The molecule has 1 atom stereocenters. The minimum Gasteiger partial charge on any atom is -0.381 e. The molecule has 1 unspecified atom stereocenters. The Hall–Kier alpha value is -0.620. The number of rotatable bonds is 2. The van der Waals surface area contributed by atoms with Crippen LogP contribution in [0.15, 0.2) is 0 Å². The number of Topliss-reactive ketones (excluding diaryl/α,β-unsaturated/α-hetero) is 1. The summed E-state index contributed by atoms with van der Waals surface area (Å²) in [6, 6.07) is 0. The number of carbonyl (C=O) groups excluding carboxylic acids is 1. The van der Waals surface area contributed by atoms with Crippen molar-refractivity contribution >= 4 is 5.78 Å². The van der Waals surface area contributed by atoms with Crippen molar-refractivity contribution < 1.29 is 22.7 Å². The number of carbonyl (C=O) groups is 1. The van der Waals surface area contributed by atoms with Crippen molar-refractivity contribution in [3.63, 3.8) is 0 Å². The van der Waals surface area contributed by atoms with Crippen molar-refractivity contribution in [3.05, 3.63) is 0 Å². The number of ether oxygens (including phenoxy) is 1. The molecule has 0 spiro atoms. The van der Waals surface area contributed by atoms with E-state index in [0.29, 0.717) is 26.1 Å². The van der Waals surface area contributed by atoms with Crippen LogP contribution in [0.1, 0.15) is 19.8 Å². The summed E-state index contributed by atoms with van der Waals surface area (Å²) in [4.78, 5) is 11.6. The molecule has 0 aromatic rings. The predicted octanol–water partition coefficient (Wildman–Crippen LogP) is 1.26. The van der Waals surface area contributed by atoms with Gasteiger partial charge in [0.15, 0.2) is 11.3 Å². The number of halogens is 3. The Labute approximate surface area is 85.8 Å². The zero-order valence-electron chi connectivity index (χ0n) is 8.43. The summed E-state index contributed by atoms with van der Waals surface area (Å²) in [6.07, 6.45) is -4.05. The molecule has 0 aliphatic carbocycles. The highest BCUT2D eigenvalue weighted by atomic mass is 19.4. The number of alkyl halides is 3. The lowest BCUT2D eigenvalue weighted by Gasteiger charge is -2.31. The number of hydrogen-bond acceptors (Lipinski definition) is 3. The molecular weight excluding hydrogens is 211 g/mol. The first-order valence-corrected chi connectivity index (χ1v) is 4.74. The van der Waals surface area contributed by atoms with Crippen molar-refractivity contribution in [1.82, 2.24) is 0 Å². The second-order valence-corrected chi connectivity index (χ2v) is 3.95. The second-order valence-electron chi connectivity index (χ2n) is 3.95. The first kappa shape index (κ1) is 12.4. The van der Waals surface area contributed by atoms with Crippen LogP contribution in [0.2, 0.25) is 0 Å². The molecule has 1 heterocycles. The van der Waals surface area contributed by atoms with Crippen LogP contribution < -0.4 is 5.73 Å². The highest BCUT2D eigenvalue weighted by Gasteiger charge is 2.55. The van der Waals surface area contributed by atoms with Gasteiger partial charge in [-0.15, -0.1) is 0 Å². The van der Waals surface area contributed by atoms with Crippen LogP contribution in [0.25, 0.3) is 0 Å². The maximum atomic E-state index is 12.5. The molecule has 1 rings (SSSR count). The maximum absolute atomic E-state index is 12.5. The topological polar surface area (TPSA) is 52.3 Å². The summed E-state index contributed by atoms with van der Waals surface area (Å²) in [5.41, 5.74) is 2.31.